The molecule has 136 valence electrons. The minimum absolute atomic E-state index is 0.0956. The van der Waals surface area contributed by atoms with Crippen molar-refractivity contribution in [3.63, 3.8) is 0 Å². The molecule has 2 N–H and O–H groups in total. The van der Waals surface area contributed by atoms with Crippen LogP contribution in [0.15, 0.2) is 51.3 Å². The van der Waals surface area contributed by atoms with Gasteiger partial charge in [0.25, 0.3) is 5.56 Å². The second-order valence-electron chi connectivity index (χ2n) is 6.53. The summed E-state index contributed by atoms with van der Waals surface area (Å²) in [4.78, 5) is 23.5. The molecule has 0 aromatic carbocycles. The summed E-state index contributed by atoms with van der Waals surface area (Å²) >= 11 is 1.68. The SMILES string of the molecule is O=c1[nH]c(-c2ccco2)nc2c1CN(Cc1cn[nH]c1-c1cccs1)CC2. The molecule has 7 nitrogen and oxygen atoms in total. The highest BCUT2D eigenvalue weighted by atomic mass is 32.1. The highest BCUT2D eigenvalue weighted by Gasteiger charge is 2.23. The molecular weight excluding hydrogens is 362 g/mol. The second-order valence-corrected chi connectivity index (χ2v) is 7.47. The highest BCUT2D eigenvalue weighted by Crippen LogP contribution is 2.28. The number of hydrogen-bond donors (Lipinski definition) is 2. The van der Waals surface area contributed by atoms with Crippen molar-refractivity contribution in [1.82, 2.24) is 25.1 Å². The second kappa shape index (κ2) is 6.64. The number of H-pyrrole nitrogens is 2. The van der Waals surface area contributed by atoms with Gasteiger partial charge in [-0.1, -0.05) is 6.07 Å². The Balaban J connectivity index is 1.39. The molecule has 0 unspecified atom stereocenters. The summed E-state index contributed by atoms with van der Waals surface area (Å²) in [5.41, 5.74) is 3.68. The Morgan fingerprint density at radius 2 is 2.26 bits per heavy atom. The predicted molar refractivity (Wildman–Crippen MR) is 102 cm³/mol. The molecule has 5 rings (SSSR count). The van der Waals surface area contributed by atoms with Crippen molar-refractivity contribution in [2.45, 2.75) is 19.5 Å². The van der Waals surface area contributed by atoms with Crippen molar-refractivity contribution in [3.8, 4) is 22.2 Å². The molecule has 4 aromatic rings. The number of rotatable bonds is 4. The molecule has 27 heavy (non-hydrogen) atoms. The molecule has 1 aliphatic heterocycles. The van der Waals surface area contributed by atoms with E-state index in [1.165, 1.54) is 4.88 Å². The fraction of sp³-hybridized carbons (Fsp3) is 0.211. The van der Waals surface area contributed by atoms with Crippen LogP contribution < -0.4 is 5.56 Å². The average molecular weight is 379 g/mol. The van der Waals surface area contributed by atoms with Crippen molar-refractivity contribution in [3.05, 3.63) is 69.3 Å². The van der Waals surface area contributed by atoms with Crippen LogP contribution in [0.4, 0.5) is 0 Å². The van der Waals surface area contributed by atoms with Crippen LogP contribution in [0.5, 0.6) is 0 Å². The van der Waals surface area contributed by atoms with Crippen LogP contribution in [-0.4, -0.2) is 31.6 Å². The molecule has 0 saturated carbocycles. The van der Waals surface area contributed by atoms with Gasteiger partial charge in [0.05, 0.1) is 34.3 Å². The van der Waals surface area contributed by atoms with E-state index < -0.39 is 0 Å². The quantitative estimate of drug-likeness (QED) is 0.569. The Labute approximate surface area is 158 Å². The van der Waals surface area contributed by atoms with E-state index in [0.29, 0.717) is 18.1 Å². The van der Waals surface area contributed by atoms with Gasteiger partial charge in [-0.3, -0.25) is 14.8 Å². The lowest BCUT2D eigenvalue weighted by Gasteiger charge is -2.27. The fourth-order valence-electron chi connectivity index (χ4n) is 3.45. The van der Waals surface area contributed by atoms with Crippen molar-refractivity contribution in [1.29, 1.82) is 0 Å². The van der Waals surface area contributed by atoms with Crippen molar-refractivity contribution in [2.75, 3.05) is 6.54 Å². The first kappa shape index (κ1) is 16.2. The molecule has 1 aliphatic rings. The molecule has 0 radical (unpaired) electrons. The normalized spacial score (nSPS) is 14.4. The molecule has 0 atom stereocenters. The molecule has 0 saturated heterocycles. The van der Waals surface area contributed by atoms with Gasteiger partial charge >= 0.3 is 0 Å². The molecule has 0 amide bonds. The monoisotopic (exact) mass is 379 g/mol. The number of aromatic amines is 2. The van der Waals surface area contributed by atoms with E-state index in [1.807, 2.05) is 12.3 Å². The van der Waals surface area contributed by atoms with E-state index in [4.69, 9.17) is 4.42 Å². The summed E-state index contributed by atoms with van der Waals surface area (Å²) in [6.45, 7) is 2.16. The van der Waals surface area contributed by atoms with E-state index >= 15 is 0 Å². The van der Waals surface area contributed by atoms with Crippen molar-refractivity contribution in [2.24, 2.45) is 0 Å². The van der Waals surface area contributed by atoms with Gasteiger partial charge in [0.1, 0.15) is 0 Å². The summed E-state index contributed by atoms with van der Waals surface area (Å²) in [6, 6.07) is 7.69. The van der Waals surface area contributed by atoms with Gasteiger partial charge in [-0.2, -0.15) is 5.10 Å². The van der Waals surface area contributed by atoms with Crippen LogP contribution in [-0.2, 0) is 19.5 Å². The smallest absolute Gasteiger partial charge is 0.256 e. The summed E-state index contributed by atoms with van der Waals surface area (Å²) in [5, 5.41) is 9.36. The maximum Gasteiger partial charge on any atom is 0.256 e. The Morgan fingerprint density at radius 3 is 3.07 bits per heavy atom. The Kier molecular flexibility index (Phi) is 3.99. The highest BCUT2D eigenvalue weighted by molar-refractivity contribution is 7.13. The number of fused-ring (bicyclic) bond motifs is 1. The number of hydrogen-bond acceptors (Lipinski definition) is 6. The molecule has 0 bridgehead atoms. The molecule has 0 fully saturated rings. The van der Waals surface area contributed by atoms with Crippen LogP contribution in [0.1, 0.15) is 16.8 Å². The summed E-state index contributed by atoms with van der Waals surface area (Å²) < 4.78 is 5.35. The first-order valence-electron chi connectivity index (χ1n) is 8.72. The summed E-state index contributed by atoms with van der Waals surface area (Å²) in [6.07, 6.45) is 4.18. The molecule has 0 spiro atoms. The van der Waals surface area contributed by atoms with E-state index in [-0.39, 0.29) is 5.56 Å². The standard InChI is InChI=1S/C19H17N5O2S/c25-19-13-11-24(10-12-9-20-23-17(12)16-4-2-8-27-16)6-5-14(13)21-18(22-19)15-3-1-7-26-15/h1-4,7-9H,5-6,10-11H2,(H,20,23)(H,21,22,25). The average Bonchev–Trinajstić information content (AvgIpc) is 3.44. The van der Waals surface area contributed by atoms with Crippen LogP contribution in [0.25, 0.3) is 22.2 Å². The van der Waals surface area contributed by atoms with Gasteiger partial charge < -0.3 is 9.40 Å². The summed E-state index contributed by atoms with van der Waals surface area (Å²) in [7, 11) is 0. The maximum atomic E-state index is 12.6. The van der Waals surface area contributed by atoms with E-state index in [9.17, 15) is 4.79 Å². The van der Waals surface area contributed by atoms with Gasteiger partial charge in [0.15, 0.2) is 11.6 Å². The molecular formula is C19H17N5O2S. The first-order valence-corrected chi connectivity index (χ1v) is 9.60. The van der Waals surface area contributed by atoms with E-state index in [2.05, 4.69) is 36.5 Å². The molecule has 5 heterocycles. The molecule has 4 aromatic heterocycles. The predicted octanol–water partition coefficient (Wildman–Crippen LogP) is 3.04. The third-order valence-electron chi connectivity index (χ3n) is 4.78. The van der Waals surface area contributed by atoms with Gasteiger partial charge in [0.2, 0.25) is 0 Å². The van der Waals surface area contributed by atoms with Gasteiger partial charge in [-0.25, -0.2) is 4.98 Å². The third kappa shape index (κ3) is 3.02. The minimum atomic E-state index is -0.0956. The summed E-state index contributed by atoms with van der Waals surface area (Å²) in [5.74, 6) is 1.07. The van der Waals surface area contributed by atoms with E-state index in [0.717, 1.165) is 42.0 Å². The van der Waals surface area contributed by atoms with Crippen LogP contribution in [0, 0.1) is 0 Å². The number of nitrogens with one attached hydrogen (secondary N) is 2. The van der Waals surface area contributed by atoms with Crippen LogP contribution >= 0.6 is 11.3 Å². The Bertz CT molecular complexity index is 1110. The lowest BCUT2D eigenvalue weighted by Crippen LogP contribution is -2.35. The van der Waals surface area contributed by atoms with Gasteiger partial charge in [-0.05, 0) is 23.6 Å². The zero-order chi connectivity index (χ0) is 18.2. The first-order chi connectivity index (χ1) is 13.3. The van der Waals surface area contributed by atoms with E-state index in [1.54, 1.807) is 29.7 Å². The lowest BCUT2D eigenvalue weighted by molar-refractivity contribution is 0.242. The number of aromatic nitrogens is 4. The zero-order valence-electron chi connectivity index (χ0n) is 14.4. The zero-order valence-corrected chi connectivity index (χ0v) is 15.3. The maximum absolute atomic E-state index is 12.6. The number of nitrogens with zero attached hydrogens (tertiary/aromatic N) is 3. The Morgan fingerprint density at radius 1 is 1.30 bits per heavy atom. The van der Waals surface area contributed by atoms with Gasteiger partial charge in [0, 0.05) is 31.6 Å². The molecule has 8 heteroatoms. The largest absolute Gasteiger partial charge is 0.461 e. The third-order valence-corrected chi connectivity index (χ3v) is 5.67. The molecule has 0 aliphatic carbocycles. The van der Waals surface area contributed by atoms with Crippen molar-refractivity contribution < 1.29 is 4.42 Å². The Hall–Kier alpha value is -2.97. The fourth-order valence-corrected chi connectivity index (χ4v) is 4.21. The van der Waals surface area contributed by atoms with Crippen LogP contribution in [0.2, 0.25) is 0 Å². The number of thiophene rings is 1. The number of furan rings is 1. The lowest BCUT2D eigenvalue weighted by atomic mass is 10.1. The minimum Gasteiger partial charge on any atom is -0.461 e. The topological polar surface area (TPSA) is 90.8 Å². The van der Waals surface area contributed by atoms with Crippen molar-refractivity contribution >= 4 is 11.3 Å². The van der Waals surface area contributed by atoms with Gasteiger partial charge in [-0.15, -0.1) is 11.3 Å². The van der Waals surface area contributed by atoms with Crippen LogP contribution in [0.3, 0.4) is 0 Å².